The van der Waals surface area contributed by atoms with Gasteiger partial charge in [-0.2, -0.15) is 0 Å². The summed E-state index contributed by atoms with van der Waals surface area (Å²) in [5.41, 5.74) is 0. The van der Waals surface area contributed by atoms with E-state index in [1.54, 1.807) is 0 Å². The van der Waals surface area contributed by atoms with E-state index in [4.69, 9.17) is 19.3 Å². The van der Waals surface area contributed by atoms with E-state index in [1.807, 2.05) is 0 Å². The van der Waals surface area contributed by atoms with E-state index in [1.165, 1.54) is 6.92 Å². The zero-order chi connectivity index (χ0) is 12.3. The number of aliphatic hydroxyl groups excluding tert-OH is 2. The summed E-state index contributed by atoms with van der Waals surface area (Å²) in [5, 5.41) is 18.4. The highest BCUT2D eigenvalue weighted by Crippen LogP contribution is 2.25. The number of hydrogen-bond acceptors (Lipinski definition) is 7. The molecule has 2 N–H and O–H groups in total. The molecule has 1 heterocycles. The van der Waals surface area contributed by atoms with Gasteiger partial charge in [0.2, 0.25) is 0 Å². The molecule has 0 bridgehead atoms. The van der Waals surface area contributed by atoms with Crippen LogP contribution in [0.1, 0.15) is 13.8 Å². The SMILES string of the molecule is CC(=O)O[C@@H]1[C@H](OC(C)=O)[C@H](O)O[C@@H]1CO. The maximum absolute atomic E-state index is 10.8. The fourth-order valence-corrected chi connectivity index (χ4v) is 1.51. The van der Waals surface area contributed by atoms with Gasteiger partial charge in [-0.05, 0) is 0 Å². The molecule has 0 aromatic rings. The minimum absolute atomic E-state index is 0.452. The lowest BCUT2D eigenvalue weighted by Crippen LogP contribution is -2.40. The van der Waals surface area contributed by atoms with Crippen molar-refractivity contribution in [3.05, 3.63) is 0 Å². The molecule has 0 unspecified atom stereocenters. The lowest BCUT2D eigenvalue weighted by molar-refractivity contribution is -0.174. The fraction of sp³-hybridized carbons (Fsp3) is 0.778. The van der Waals surface area contributed by atoms with Gasteiger partial charge in [0.1, 0.15) is 6.10 Å². The number of rotatable bonds is 3. The van der Waals surface area contributed by atoms with Crippen molar-refractivity contribution >= 4 is 11.9 Å². The van der Waals surface area contributed by atoms with Crippen molar-refractivity contribution in [1.29, 1.82) is 0 Å². The third-order valence-corrected chi connectivity index (χ3v) is 2.07. The molecule has 1 aliphatic heterocycles. The second kappa shape index (κ2) is 5.24. The molecule has 0 spiro atoms. The van der Waals surface area contributed by atoms with E-state index in [-0.39, 0.29) is 0 Å². The van der Waals surface area contributed by atoms with Gasteiger partial charge in [-0.3, -0.25) is 9.59 Å². The van der Waals surface area contributed by atoms with Crippen molar-refractivity contribution in [3.63, 3.8) is 0 Å². The highest BCUT2D eigenvalue weighted by atomic mass is 16.7. The molecule has 0 amide bonds. The van der Waals surface area contributed by atoms with Gasteiger partial charge < -0.3 is 24.4 Å². The molecule has 1 aliphatic rings. The van der Waals surface area contributed by atoms with Gasteiger partial charge in [0.05, 0.1) is 6.61 Å². The van der Waals surface area contributed by atoms with Gasteiger partial charge in [-0.25, -0.2) is 0 Å². The van der Waals surface area contributed by atoms with E-state index >= 15 is 0 Å². The fourth-order valence-electron chi connectivity index (χ4n) is 1.51. The van der Waals surface area contributed by atoms with E-state index in [2.05, 4.69) is 0 Å². The summed E-state index contributed by atoms with van der Waals surface area (Å²) in [4.78, 5) is 21.6. The monoisotopic (exact) mass is 234 g/mol. The Hall–Kier alpha value is -1.18. The van der Waals surface area contributed by atoms with E-state index in [0.29, 0.717) is 0 Å². The molecule has 16 heavy (non-hydrogen) atoms. The molecule has 0 aromatic carbocycles. The van der Waals surface area contributed by atoms with Crippen molar-refractivity contribution in [3.8, 4) is 0 Å². The number of esters is 2. The maximum atomic E-state index is 10.8. The van der Waals surface area contributed by atoms with Crippen LogP contribution in [0.4, 0.5) is 0 Å². The predicted molar refractivity (Wildman–Crippen MR) is 49.1 cm³/mol. The molecule has 0 aliphatic carbocycles. The van der Waals surface area contributed by atoms with E-state index < -0.39 is 43.1 Å². The minimum Gasteiger partial charge on any atom is -0.455 e. The van der Waals surface area contributed by atoms with Crippen LogP contribution in [-0.2, 0) is 23.8 Å². The van der Waals surface area contributed by atoms with Crippen LogP contribution in [0, 0.1) is 0 Å². The standard InChI is InChI=1S/C9H14O7/c1-4(11)14-7-6(3-10)16-9(13)8(7)15-5(2)12/h6-10,13H,3H2,1-2H3/t6-,7+,8+,9-/m1/s1. The zero-order valence-corrected chi connectivity index (χ0v) is 8.95. The maximum Gasteiger partial charge on any atom is 0.303 e. The largest absolute Gasteiger partial charge is 0.455 e. The summed E-state index contributed by atoms with van der Waals surface area (Å²) in [6, 6.07) is 0. The lowest BCUT2D eigenvalue weighted by atomic mass is 10.1. The van der Waals surface area contributed by atoms with Gasteiger partial charge >= 0.3 is 11.9 Å². The molecular weight excluding hydrogens is 220 g/mol. The summed E-state index contributed by atoms with van der Waals surface area (Å²) in [7, 11) is 0. The molecular formula is C9H14O7. The number of ether oxygens (including phenoxy) is 3. The number of hydrogen-bond donors (Lipinski definition) is 2. The minimum atomic E-state index is -1.41. The molecule has 92 valence electrons. The summed E-state index contributed by atoms with van der Waals surface area (Å²) >= 11 is 0. The van der Waals surface area contributed by atoms with E-state index in [0.717, 1.165) is 6.92 Å². The number of carbonyl (C=O) groups is 2. The van der Waals surface area contributed by atoms with Gasteiger partial charge in [0, 0.05) is 13.8 Å². The number of carbonyl (C=O) groups excluding carboxylic acids is 2. The Kier molecular flexibility index (Phi) is 4.22. The van der Waals surface area contributed by atoms with Crippen LogP contribution in [-0.4, -0.2) is 53.4 Å². The van der Waals surface area contributed by atoms with Crippen LogP contribution < -0.4 is 0 Å². The zero-order valence-electron chi connectivity index (χ0n) is 8.95. The second-order valence-corrected chi connectivity index (χ2v) is 3.40. The summed E-state index contributed by atoms with van der Waals surface area (Å²) in [5.74, 6) is -1.25. The van der Waals surface area contributed by atoms with Gasteiger partial charge in [-0.1, -0.05) is 0 Å². The Morgan fingerprint density at radius 3 is 2.12 bits per heavy atom. The third-order valence-electron chi connectivity index (χ3n) is 2.07. The Morgan fingerprint density at radius 1 is 1.19 bits per heavy atom. The van der Waals surface area contributed by atoms with Crippen LogP contribution in [0.2, 0.25) is 0 Å². The Labute approximate surface area is 91.9 Å². The first-order valence-electron chi connectivity index (χ1n) is 4.74. The third kappa shape index (κ3) is 2.91. The highest BCUT2D eigenvalue weighted by molar-refractivity contribution is 5.67. The second-order valence-electron chi connectivity index (χ2n) is 3.40. The summed E-state index contributed by atoms with van der Waals surface area (Å²) < 4.78 is 14.5. The molecule has 1 fully saturated rings. The first-order valence-corrected chi connectivity index (χ1v) is 4.74. The smallest absolute Gasteiger partial charge is 0.303 e. The van der Waals surface area contributed by atoms with Crippen LogP contribution in [0.25, 0.3) is 0 Å². The first-order chi connectivity index (χ1) is 7.45. The van der Waals surface area contributed by atoms with Crippen LogP contribution >= 0.6 is 0 Å². The molecule has 0 saturated carbocycles. The average Bonchev–Trinajstić information content (AvgIpc) is 2.44. The van der Waals surface area contributed by atoms with Crippen molar-refractivity contribution in [2.24, 2.45) is 0 Å². The van der Waals surface area contributed by atoms with Crippen LogP contribution in [0.15, 0.2) is 0 Å². The lowest BCUT2D eigenvalue weighted by Gasteiger charge is -2.21. The molecule has 7 nitrogen and oxygen atoms in total. The van der Waals surface area contributed by atoms with E-state index in [9.17, 15) is 14.7 Å². The number of aliphatic hydroxyl groups is 2. The highest BCUT2D eigenvalue weighted by Gasteiger charge is 2.48. The van der Waals surface area contributed by atoms with Crippen molar-refractivity contribution in [2.75, 3.05) is 6.61 Å². The summed E-state index contributed by atoms with van der Waals surface area (Å²) in [6.45, 7) is 1.88. The predicted octanol–water partition coefficient (Wildman–Crippen LogP) is -1.44. The molecule has 1 saturated heterocycles. The van der Waals surface area contributed by atoms with Crippen molar-refractivity contribution in [2.45, 2.75) is 38.4 Å². The normalized spacial score (nSPS) is 33.5. The molecule has 7 heteroatoms. The molecule has 0 radical (unpaired) electrons. The Balaban J connectivity index is 2.76. The van der Waals surface area contributed by atoms with Crippen LogP contribution in [0.3, 0.4) is 0 Å². The van der Waals surface area contributed by atoms with Crippen molar-refractivity contribution in [1.82, 2.24) is 0 Å². The molecule has 1 rings (SSSR count). The molecule has 0 aromatic heterocycles. The average molecular weight is 234 g/mol. The van der Waals surface area contributed by atoms with Gasteiger partial charge in [-0.15, -0.1) is 0 Å². The van der Waals surface area contributed by atoms with Crippen molar-refractivity contribution < 1.29 is 34.0 Å². The Morgan fingerprint density at radius 2 is 1.69 bits per heavy atom. The quantitative estimate of drug-likeness (QED) is 0.576. The topological polar surface area (TPSA) is 102 Å². The first kappa shape index (κ1) is 12.9. The molecule has 4 atom stereocenters. The summed E-state index contributed by atoms with van der Waals surface area (Å²) in [6.07, 6.45) is -4.42. The Bertz CT molecular complexity index is 277. The van der Waals surface area contributed by atoms with Gasteiger partial charge in [0.25, 0.3) is 0 Å². The van der Waals surface area contributed by atoms with Crippen LogP contribution in [0.5, 0.6) is 0 Å². The van der Waals surface area contributed by atoms with Gasteiger partial charge in [0.15, 0.2) is 18.5 Å².